The molecule has 31 heavy (non-hydrogen) atoms. The van der Waals surface area contributed by atoms with Crippen LogP contribution in [0, 0.1) is 0 Å². The zero-order valence-electron chi connectivity index (χ0n) is 17.6. The molecule has 0 spiro atoms. The molecule has 0 aromatic heterocycles. The van der Waals surface area contributed by atoms with Crippen LogP contribution < -0.4 is 0 Å². The smallest absolute Gasteiger partial charge is 0.508 e. The Morgan fingerprint density at radius 3 is 1.00 bits per heavy atom. The summed E-state index contributed by atoms with van der Waals surface area (Å²) in [4.78, 5) is 21.4. The third-order valence-corrected chi connectivity index (χ3v) is 3.66. The van der Waals surface area contributed by atoms with Crippen LogP contribution in [0.2, 0.25) is 0 Å². The van der Waals surface area contributed by atoms with Crippen molar-refractivity contribution in [1.82, 2.24) is 0 Å². The minimum Gasteiger partial charge on any atom is -0.508 e. The van der Waals surface area contributed by atoms with Gasteiger partial charge in [0.1, 0.15) is 11.5 Å². The molecular weight excluding hydrogens is 468 g/mol. The Bertz CT molecular complexity index is 824. The van der Waals surface area contributed by atoms with Crippen molar-refractivity contribution in [3.63, 3.8) is 0 Å². The molecule has 0 atom stereocenters. The van der Waals surface area contributed by atoms with Gasteiger partial charge in [0.15, 0.2) is 11.6 Å². The van der Waals surface area contributed by atoms with Crippen molar-refractivity contribution in [3.8, 4) is 11.5 Å². The zero-order chi connectivity index (χ0) is 22.2. The summed E-state index contributed by atoms with van der Waals surface area (Å²) in [5.74, 6) is 0.398. The topological polar surface area (TPSA) is 74.6 Å². The van der Waals surface area contributed by atoms with Gasteiger partial charge in [0, 0.05) is 11.1 Å². The van der Waals surface area contributed by atoms with Crippen molar-refractivity contribution in [2.24, 2.45) is 0 Å². The molecule has 0 aliphatic carbocycles. The Morgan fingerprint density at radius 2 is 0.839 bits per heavy atom. The van der Waals surface area contributed by atoms with Gasteiger partial charge in [0.05, 0.1) is 0 Å². The van der Waals surface area contributed by atoms with Crippen molar-refractivity contribution in [2.75, 3.05) is 0 Å². The largest absolute Gasteiger partial charge is 2.00 e. The number of benzene rings is 2. The summed E-state index contributed by atoms with van der Waals surface area (Å²) >= 11 is 0. The molecule has 0 aliphatic heterocycles. The fourth-order valence-electron chi connectivity index (χ4n) is 2.03. The molecule has 0 fully saturated rings. The SMILES string of the molecule is CC(=O)c1ccc(O)cc1.CC(=O)c1ccc(O)cc1.[Zr+2].c1cc[cH-]c1.c1cc[cH-]c1. The summed E-state index contributed by atoms with van der Waals surface area (Å²) in [6, 6.07) is 32.4. The standard InChI is InChI=1S/2C8H8O2.2C5H5.Zr/c2*1-6(9)7-2-4-8(10)5-3-7;2*1-2-4-5-3-1;/h2*2-5,10H,1H3;2*1-5H;/q;;2*-1;+2. The van der Waals surface area contributed by atoms with E-state index in [1.54, 1.807) is 24.3 Å². The first kappa shape index (κ1) is 28.0. The maximum Gasteiger partial charge on any atom is 2.00 e. The normalized spacial score (nSPS) is 8.58. The first-order valence-corrected chi connectivity index (χ1v) is 9.33. The van der Waals surface area contributed by atoms with E-state index in [4.69, 9.17) is 10.2 Å². The fourth-order valence-corrected chi connectivity index (χ4v) is 2.03. The Kier molecular flexibility index (Phi) is 15.1. The first-order chi connectivity index (χ1) is 14.4. The minimum atomic E-state index is 0. The van der Waals surface area contributed by atoms with Crippen LogP contribution in [0.25, 0.3) is 0 Å². The summed E-state index contributed by atoms with van der Waals surface area (Å²) in [6.07, 6.45) is 0. The minimum absolute atomic E-state index is 0. The van der Waals surface area contributed by atoms with Crippen LogP contribution in [0.15, 0.2) is 109 Å². The van der Waals surface area contributed by atoms with E-state index in [1.807, 2.05) is 60.7 Å². The molecule has 0 aliphatic rings. The van der Waals surface area contributed by atoms with E-state index in [9.17, 15) is 9.59 Å². The molecule has 2 N–H and O–H groups in total. The van der Waals surface area contributed by atoms with Gasteiger partial charge >= 0.3 is 26.2 Å². The van der Waals surface area contributed by atoms with Crippen LogP contribution in [0.1, 0.15) is 34.6 Å². The predicted octanol–water partition coefficient (Wildman–Crippen LogP) is 6.00. The van der Waals surface area contributed by atoms with E-state index in [2.05, 4.69) is 0 Å². The Labute approximate surface area is 202 Å². The van der Waals surface area contributed by atoms with Crippen LogP contribution in [0.4, 0.5) is 0 Å². The van der Waals surface area contributed by atoms with Gasteiger partial charge in [-0.25, -0.2) is 24.3 Å². The number of carbonyl (C=O) groups excluding carboxylic acids is 2. The molecule has 4 aromatic carbocycles. The van der Waals surface area contributed by atoms with Crippen LogP contribution >= 0.6 is 0 Å². The molecule has 5 heteroatoms. The van der Waals surface area contributed by atoms with E-state index in [0.717, 1.165) is 0 Å². The van der Waals surface area contributed by atoms with E-state index < -0.39 is 0 Å². The summed E-state index contributed by atoms with van der Waals surface area (Å²) in [5.41, 5.74) is 1.25. The summed E-state index contributed by atoms with van der Waals surface area (Å²) in [5, 5.41) is 17.7. The van der Waals surface area contributed by atoms with Gasteiger partial charge in [-0.1, -0.05) is 0 Å². The van der Waals surface area contributed by atoms with E-state index in [-0.39, 0.29) is 49.3 Å². The molecular formula is C26H26O4Zr. The van der Waals surface area contributed by atoms with Gasteiger partial charge in [-0.15, -0.1) is 0 Å². The third kappa shape index (κ3) is 13.7. The molecule has 0 saturated heterocycles. The quantitative estimate of drug-likeness (QED) is 0.265. The fraction of sp³-hybridized carbons (Fsp3) is 0.0769. The second-order valence-corrected chi connectivity index (χ2v) is 6.13. The third-order valence-electron chi connectivity index (χ3n) is 3.66. The van der Waals surface area contributed by atoms with Gasteiger partial charge in [-0.2, -0.15) is 36.4 Å². The van der Waals surface area contributed by atoms with Gasteiger partial charge in [0.25, 0.3) is 0 Å². The molecule has 4 rings (SSSR count). The molecule has 0 unspecified atom stereocenters. The van der Waals surface area contributed by atoms with Crippen LogP contribution in [0.3, 0.4) is 0 Å². The molecule has 0 heterocycles. The van der Waals surface area contributed by atoms with Gasteiger partial charge in [-0.05, 0) is 62.4 Å². The monoisotopic (exact) mass is 492 g/mol. The zero-order valence-corrected chi connectivity index (χ0v) is 20.1. The van der Waals surface area contributed by atoms with Crippen molar-refractivity contribution in [1.29, 1.82) is 0 Å². The molecule has 4 nitrogen and oxygen atoms in total. The Balaban J connectivity index is 0.000000401. The predicted molar refractivity (Wildman–Crippen MR) is 120 cm³/mol. The molecule has 0 amide bonds. The van der Waals surface area contributed by atoms with E-state index >= 15 is 0 Å². The molecule has 4 aromatic rings. The van der Waals surface area contributed by atoms with Crippen molar-refractivity contribution in [3.05, 3.63) is 120 Å². The summed E-state index contributed by atoms with van der Waals surface area (Å²) in [6.45, 7) is 2.98. The molecule has 0 saturated carbocycles. The van der Waals surface area contributed by atoms with Crippen LogP contribution in [-0.4, -0.2) is 21.8 Å². The second kappa shape index (κ2) is 16.7. The number of hydrogen-bond donors (Lipinski definition) is 2. The Morgan fingerprint density at radius 1 is 0.581 bits per heavy atom. The van der Waals surface area contributed by atoms with Crippen molar-refractivity contribution < 1.29 is 46.0 Å². The van der Waals surface area contributed by atoms with E-state index in [0.29, 0.717) is 11.1 Å². The van der Waals surface area contributed by atoms with E-state index in [1.165, 1.54) is 38.1 Å². The number of phenolic OH excluding ortho intramolecular Hbond substituents is 2. The maximum atomic E-state index is 10.7. The number of aromatic hydroxyl groups is 2. The molecule has 158 valence electrons. The number of carbonyl (C=O) groups is 2. The summed E-state index contributed by atoms with van der Waals surface area (Å²) < 4.78 is 0. The second-order valence-electron chi connectivity index (χ2n) is 6.13. The van der Waals surface area contributed by atoms with Gasteiger partial charge < -0.3 is 10.2 Å². The number of ketones is 2. The van der Waals surface area contributed by atoms with Crippen molar-refractivity contribution >= 4 is 11.6 Å². The molecule has 0 bridgehead atoms. The average Bonchev–Trinajstić information content (AvgIpc) is 3.48. The average molecular weight is 494 g/mol. The number of Topliss-reactive ketones (excluding diaryl/α,β-unsaturated/α-hetero) is 2. The number of rotatable bonds is 2. The van der Waals surface area contributed by atoms with Gasteiger partial charge in [0.2, 0.25) is 0 Å². The maximum absolute atomic E-state index is 10.7. The summed E-state index contributed by atoms with van der Waals surface area (Å²) in [7, 11) is 0. The van der Waals surface area contributed by atoms with Crippen molar-refractivity contribution in [2.45, 2.75) is 13.8 Å². The number of hydrogen-bond acceptors (Lipinski definition) is 4. The van der Waals surface area contributed by atoms with Gasteiger partial charge in [-0.3, -0.25) is 9.59 Å². The first-order valence-electron chi connectivity index (χ1n) is 9.33. The van der Waals surface area contributed by atoms with Crippen LogP contribution in [-0.2, 0) is 26.2 Å². The Hall–Kier alpha value is -3.04. The number of phenols is 2. The molecule has 0 radical (unpaired) electrons. The van der Waals surface area contributed by atoms with Crippen LogP contribution in [0.5, 0.6) is 11.5 Å².